The summed E-state index contributed by atoms with van der Waals surface area (Å²) in [6, 6.07) is 173. The van der Waals surface area contributed by atoms with E-state index in [1.165, 1.54) is 221 Å². The Balaban J connectivity index is 0.0000000983. The SMILES string of the molecule is Cc1ccc(-c2cccc3c2c2ccccc2n3-c2ccccc2)cc1.Cc1ccc(-c2cccc3c4ccccc4n(-c4ccccc4)c23)cc1.Cc1cccc(-c2cccc3c2c2ccccc2n3-c2ccccc2)c1.Cc1cccc(-c2cccc3c4ccccc4n(-c4ccccc4)c23)c1.Cc1ccccc1-c1cccc2c1c1ccccc1n2-c1ccccc1. The van der Waals surface area contributed by atoms with Crippen molar-refractivity contribution in [2.75, 3.05) is 0 Å². The number of hydrogen-bond donors (Lipinski definition) is 0. The molecule has 0 unspecified atom stereocenters. The molecule has 5 heteroatoms. The molecule has 0 spiro atoms. The van der Waals surface area contributed by atoms with E-state index in [4.69, 9.17) is 0 Å². The third-order valence-electron chi connectivity index (χ3n) is 25.4. The van der Waals surface area contributed by atoms with Crippen molar-refractivity contribution < 1.29 is 0 Å². The fraction of sp³-hybridized carbons (Fsp3) is 0.0400. The minimum atomic E-state index is 1.19. The lowest BCUT2D eigenvalue weighted by atomic mass is 9.96. The molecule has 0 bridgehead atoms. The summed E-state index contributed by atoms with van der Waals surface area (Å²) in [5.41, 5.74) is 37.7. The molecule has 5 aromatic heterocycles. The highest BCUT2D eigenvalue weighted by atomic mass is 15.0. The van der Waals surface area contributed by atoms with Crippen molar-refractivity contribution in [1.82, 2.24) is 22.8 Å². The lowest BCUT2D eigenvalue weighted by molar-refractivity contribution is 1.18. The van der Waals surface area contributed by atoms with Gasteiger partial charge in [-0.25, -0.2) is 0 Å². The quantitative estimate of drug-likeness (QED) is 0.130. The van der Waals surface area contributed by atoms with Crippen molar-refractivity contribution in [2.24, 2.45) is 0 Å². The topological polar surface area (TPSA) is 24.6 Å². The van der Waals surface area contributed by atoms with Gasteiger partial charge in [0, 0.05) is 93.4 Å². The van der Waals surface area contributed by atoms with Crippen LogP contribution >= 0.6 is 0 Å². The molecule has 0 fully saturated rings. The van der Waals surface area contributed by atoms with Crippen LogP contribution in [0, 0.1) is 34.6 Å². The van der Waals surface area contributed by atoms with Crippen LogP contribution in [-0.4, -0.2) is 22.8 Å². The van der Waals surface area contributed by atoms with Gasteiger partial charge in [0.2, 0.25) is 0 Å². The number of benzene rings is 20. The maximum atomic E-state index is 2.39. The van der Waals surface area contributed by atoms with Gasteiger partial charge in [-0.2, -0.15) is 0 Å². The number of rotatable bonds is 10. The normalized spacial score (nSPS) is 11.3. The summed E-state index contributed by atoms with van der Waals surface area (Å²) >= 11 is 0. The largest absolute Gasteiger partial charge is 0.309 e. The maximum absolute atomic E-state index is 2.39. The highest BCUT2D eigenvalue weighted by molar-refractivity contribution is 6.20. The Morgan fingerprint density at radius 1 is 0.138 bits per heavy atom. The second-order valence-corrected chi connectivity index (χ2v) is 33.7. The fourth-order valence-corrected chi connectivity index (χ4v) is 19.5. The predicted molar refractivity (Wildman–Crippen MR) is 555 cm³/mol. The second kappa shape index (κ2) is 35.4. The Labute approximate surface area is 758 Å². The minimum absolute atomic E-state index is 1.19. The van der Waals surface area contributed by atoms with E-state index in [-0.39, 0.29) is 0 Å². The maximum Gasteiger partial charge on any atom is 0.0619 e. The number of fused-ring (bicyclic) bond motifs is 15. The molecule has 25 aromatic rings. The lowest BCUT2D eigenvalue weighted by Gasteiger charge is -2.12. The molecule has 130 heavy (non-hydrogen) atoms. The Hall–Kier alpha value is -16.6. The van der Waals surface area contributed by atoms with Crippen molar-refractivity contribution in [3.05, 3.63) is 513 Å². The Morgan fingerprint density at radius 3 is 0.762 bits per heavy atom. The van der Waals surface area contributed by atoms with Gasteiger partial charge in [0.1, 0.15) is 0 Å². The van der Waals surface area contributed by atoms with Gasteiger partial charge in [-0.05, 0) is 194 Å². The first-order valence-corrected chi connectivity index (χ1v) is 44.9. The third-order valence-corrected chi connectivity index (χ3v) is 25.4. The van der Waals surface area contributed by atoms with Crippen molar-refractivity contribution in [3.8, 4) is 84.1 Å². The van der Waals surface area contributed by atoms with Crippen LogP contribution < -0.4 is 0 Å². The van der Waals surface area contributed by atoms with Crippen LogP contribution in [0.15, 0.2) is 485 Å². The zero-order valence-electron chi connectivity index (χ0n) is 73.4. The van der Waals surface area contributed by atoms with Crippen LogP contribution in [-0.2, 0) is 0 Å². The van der Waals surface area contributed by atoms with Crippen LogP contribution in [0.1, 0.15) is 27.8 Å². The molecule has 0 atom stereocenters. The third kappa shape index (κ3) is 15.1. The first-order valence-electron chi connectivity index (χ1n) is 44.9. The van der Waals surface area contributed by atoms with E-state index >= 15 is 0 Å². The minimum Gasteiger partial charge on any atom is -0.309 e. The smallest absolute Gasteiger partial charge is 0.0619 e. The van der Waals surface area contributed by atoms with E-state index in [9.17, 15) is 0 Å². The van der Waals surface area contributed by atoms with E-state index < -0.39 is 0 Å². The molecular formula is C125H95N5. The molecule has 25 rings (SSSR count). The zero-order chi connectivity index (χ0) is 87.5. The summed E-state index contributed by atoms with van der Waals surface area (Å²) < 4.78 is 11.9. The molecule has 5 heterocycles. The van der Waals surface area contributed by atoms with Gasteiger partial charge in [-0.3, -0.25) is 0 Å². The standard InChI is InChI=1S/5C25H19N/c1-18-9-7-10-19(17-18)21-14-8-15-23-22-13-5-6-16-24(22)26(25(21)23)20-11-3-2-4-12-20;1-18-9-7-10-19(17-18)21-14-8-16-24-25(21)22-13-5-6-15-23(22)26(24)20-11-3-2-4-12-20;1-18-10-5-6-13-20(18)21-15-9-17-24-25(21)22-14-7-8-16-23(22)26(24)19-11-3-2-4-12-19;1-18-14-16-19(17-15-18)21-11-7-12-23-22-10-5-6-13-24(22)26(25(21)23)20-8-3-2-4-9-20;1-18-14-16-19(17-15-18)21-11-7-13-24-25(21)22-10-5-6-12-23(22)26(24)20-8-3-2-4-9-20/h5*2-17H,1H3. The van der Waals surface area contributed by atoms with Gasteiger partial charge in [0.15, 0.2) is 0 Å². The first kappa shape index (κ1) is 80.5. The average molecular weight is 1670 g/mol. The van der Waals surface area contributed by atoms with Crippen molar-refractivity contribution in [1.29, 1.82) is 0 Å². The molecule has 0 aliphatic heterocycles. The molecular weight excluding hydrogens is 1570 g/mol. The fourth-order valence-electron chi connectivity index (χ4n) is 19.5. The van der Waals surface area contributed by atoms with Gasteiger partial charge in [-0.15, -0.1) is 0 Å². The molecule has 5 nitrogen and oxygen atoms in total. The van der Waals surface area contributed by atoms with E-state index in [1.54, 1.807) is 0 Å². The van der Waals surface area contributed by atoms with Crippen LogP contribution in [0.25, 0.3) is 193 Å². The predicted octanol–water partition coefficient (Wildman–Crippen LogP) is 33.8. The van der Waals surface area contributed by atoms with Gasteiger partial charge in [-0.1, -0.05) is 398 Å². The van der Waals surface area contributed by atoms with Crippen LogP contribution in [0.4, 0.5) is 0 Å². The molecule has 0 radical (unpaired) electrons. The van der Waals surface area contributed by atoms with Crippen LogP contribution in [0.3, 0.4) is 0 Å². The van der Waals surface area contributed by atoms with Gasteiger partial charge in [0.05, 0.1) is 55.2 Å². The molecule has 620 valence electrons. The summed E-state index contributed by atoms with van der Waals surface area (Å²) in [6.45, 7) is 10.7. The number of nitrogens with zero attached hydrogens (tertiary/aromatic N) is 5. The van der Waals surface area contributed by atoms with Crippen LogP contribution in [0.2, 0.25) is 0 Å². The Morgan fingerprint density at radius 2 is 0.385 bits per heavy atom. The number of aryl methyl sites for hydroxylation is 5. The second-order valence-electron chi connectivity index (χ2n) is 33.7. The highest BCUT2D eigenvalue weighted by Gasteiger charge is 2.23. The van der Waals surface area contributed by atoms with Gasteiger partial charge >= 0.3 is 0 Å². The van der Waals surface area contributed by atoms with Crippen molar-refractivity contribution >= 4 is 109 Å². The average Bonchev–Trinajstić information content (AvgIpc) is 1.61. The molecule has 0 aliphatic carbocycles. The van der Waals surface area contributed by atoms with Gasteiger partial charge < -0.3 is 22.8 Å². The summed E-state index contributed by atoms with van der Waals surface area (Å²) in [7, 11) is 0. The molecule has 0 N–H and O–H groups in total. The summed E-state index contributed by atoms with van der Waals surface area (Å²) in [6.07, 6.45) is 0. The van der Waals surface area contributed by atoms with E-state index in [2.05, 4.69) is 543 Å². The Kier molecular flexibility index (Phi) is 21.9. The van der Waals surface area contributed by atoms with Gasteiger partial charge in [0.25, 0.3) is 0 Å². The van der Waals surface area contributed by atoms with E-state index in [0.717, 1.165) is 0 Å². The summed E-state index contributed by atoms with van der Waals surface area (Å²) in [5.74, 6) is 0. The molecule has 0 aliphatic rings. The molecule has 20 aromatic carbocycles. The Bertz CT molecular complexity index is 8410. The van der Waals surface area contributed by atoms with E-state index in [0.29, 0.717) is 0 Å². The summed E-state index contributed by atoms with van der Waals surface area (Å²) in [5, 5.41) is 13.0. The zero-order valence-corrected chi connectivity index (χ0v) is 73.4. The number of para-hydroxylation sites is 12. The highest BCUT2D eigenvalue weighted by Crippen LogP contribution is 2.45. The monoisotopic (exact) mass is 1670 g/mol. The van der Waals surface area contributed by atoms with Crippen LogP contribution in [0.5, 0.6) is 0 Å². The molecule has 0 amide bonds. The number of aromatic nitrogens is 5. The van der Waals surface area contributed by atoms with E-state index in [1.807, 2.05) is 0 Å². The van der Waals surface area contributed by atoms with Crippen molar-refractivity contribution in [3.63, 3.8) is 0 Å². The van der Waals surface area contributed by atoms with Crippen molar-refractivity contribution in [2.45, 2.75) is 34.6 Å². The first-order chi connectivity index (χ1) is 64.1. The summed E-state index contributed by atoms with van der Waals surface area (Å²) in [4.78, 5) is 0. The molecule has 0 saturated heterocycles. The lowest BCUT2D eigenvalue weighted by Crippen LogP contribution is -1.95. The number of hydrogen-bond acceptors (Lipinski definition) is 0. The molecule has 0 saturated carbocycles.